The second-order valence-electron chi connectivity index (χ2n) is 6.79. The fraction of sp³-hybridized carbons (Fsp3) is 0.350. The largest absolute Gasteiger partial charge is 0.493 e. The number of hydrogen-bond donors (Lipinski definition) is 1. The van der Waals surface area contributed by atoms with Crippen molar-refractivity contribution in [1.82, 2.24) is 10.2 Å². The third-order valence-electron chi connectivity index (χ3n) is 5.00. The Balaban J connectivity index is 1.75. The minimum Gasteiger partial charge on any atom is -0.493 e. The zero-order valence-electron chi connectivity index (χ0n) is 13.9. The number of urea groups is 1. The predicted octanol–water partition coefficient (Wildman–Crippen LogP) is 3.56. The molecule has 1 aromatic carbocycles. The number of fused-ring (bicyclic) bond motifs is 2. The molecule has 1 saturated heterocycles. The van der Waals surface area contributed by atoms with Gasteiger partial charge in [0.25, 0.3) is 0 Å². The molecule has 24 heavy (non-hydrogen) atoms. The number of carbonyl (C=O) groups is 1. The zero-order valence-corrected chi connectivity index (χ0v) is 13.9. The van der Waals surface area contributed by atoms with Crippen LogP contribution in [0.25, 0.3) is 0 Å². The molecule has 3 atom stereocenters. The number of carbonyl (C=O) groups excluding carboxylic acids is 1. The Morgan fingerprint density at radius 1 is 1.38 bits per heavy atom. The number of nitrogens with zero attached hydrogens (tertiary/aromatic N) is 1. The fourth-order valence-corrected chi connectivity index (χ4v) is 4.03. The lowest BCUT2D eigenvalue weighted by atomic mass is 9.77. The average molecular weight is 322 g/mol. The lowest BCUT2D eigenvalue weighted by Crippen LogP contribution is -2.59. The second-order valence-corrected chi connectivity index (χ2v) is 6.79. The Morgan fingerprint density at radius 2 is 2.17 bits per heavy atom. The van der Waals surface area contributed by atoms with Gasteiger partial charge >= 0.3 is 6.03 Å². The molecule has 0 bridgehead atoms. The van der Waals surface area contributed by atoms with Gasteiger partial charge < -0.3 is 15.0 Å². The minimum absolute atomic E-state index is 0.0176. The number of hydrogen-bond acceptors (Lipinski definition) is 2. The van der Waals surface area contributed by atoms with Crippen LogP contribution in [0.4, 0.5) is 4.79 Å². The first kappa shape index (κ1) is 15.1. The van der Waals surface area contributed by atoms with Gasteiger partial charge in [-0.15, -0.1) is 0 Å². The standard InChI is InChI=1S/C20H22N2O2/c1-13(2)12-22-19-15-10-11-24-17(15)9-8-16(19)18(21-20(22)23)14-6-4-3-5-7-14/h3-9,16,18-19H,1,10-12H2,2H3,(H,21,23). The Hall–Kier alpha value is -2.49. The molecule has 0 spiro atoms. The first-order valence-corrected chi connectivity index (χ1v) is 8.45. The Labute approximate surface area is 142 Å². The van der Waals surface area contributed by atoms with Crippen LogP contribution in [-0.2, 0) is 4.74 Å². The maximum absolute atomic E-state index is 12.8. The highest BCUT2D eigenvalue weighted by molar-refractivity contribution is 5.78. The predicted molar refractivity (Wildman–Crippen MR) is 93.2 cm³/mol. The van der Waals surface area contributed by atoms with Crippen molar-refractivity contribution in [2.24, 2.45) is 5.92 Å². The molecule has 2 heterocycles. The molecular weight excluding hydrogens is 300 g/mol. The van der Waals surface area contributed by atoms with Crippen LogP contribution in [-0.4, -0.2) is 30.1 Å². The SMILES string of the molecule is C=C(C)CN1C(=O)NC(c2ccccc2)C2C=CC3=C(CCO3)C21. The normalized spacial score (nSPS) is 28.1. The molecule has 2 amide bonds. The topological polar surface area (TPSA) is 41.6 Å². The van der Waals surface area contributed by atoms with Gasteiger partial charge in [0.1, 0.15) is 5.76 Å². The van der Waals surface area contributed by atoms with Crippen LogP contribution in [0.2, 0.25) is 0 Å². The minimum atomic E-state index is -0.0258. The van der Waals surface area contributed by atoms with E-state index in [1.54, 1.807) is 0 Å². The first-order chi connectivity index (χ1) is 11.6. The smallest absolute Gasteiger partial charge is 0.318 e. The summed E-state index contributed by atoms with van der Waals surface area (Å²) in [5.41, 5.74) is 3.38. The van der Waals surface area contributed by atoms with E-state index in [0.717, 1.165) is 23.3 Å². The molecule has 1 fully saturated rings. The van der Waals surface area contributed by atoms with E-state index in [9.17, 15) is 4.79 Å². The van der Waals surface area contributed by atoms with Crippen molar-refractivity contribution in [3.63, 3.8) is 0 Å². The first-order valence-electron chi connectivity index (χ1n) is 8.45. The van der Waals surface area contributed by atoms with Crippen LogP contribution < -0.4 is 5.32 Å². The number of nitrogens with one attached hydrogen (secondary N) is 1. The highest BCUT2D eigenvalue weighted by Gasteiger charge is 2.46. The Morgan fingerprint density at radius 3 is 2.92 bits per heavy atom. The van der Waals surface area contributed by atoms with E-state index in [4.69, 9.17) is 4.74 Å². The third-order valence-corrected chi connectivity index (χ3v) is 5.00. The van der Waals surface area contributed by atoms with Gasteiger partial charge in [0.2, 0.25) is 0 Å². The quantitative estimate of drug-likeness (QED) is 0.865. The van der Waals surface area contributed by atoms with E-state index >= 15 is 0 Å². The molecule has 1 aliphatic carbocycles. The van der Waals surface area contributed by atoms with Crippen LogP contribution in [0.5, 0.6) is 0 Å². The fourth-order valence-electron chi connectivity index (χ4n) is 4.03. The summed E-state index contributed by atoms with van der Waals surface area (Å²) in [6.07, 6.45) is 5.16. The van der Waals surface area contributed by atoms with Crippen LogP contribution in [0.3, 0.4) is 0 Å². The highest BCUT2D eigenvalue weighted by Crippen LogP contribution is 2.42. The molecule has 3 aliphatic rings. The molecule has 124 valence electrons. The molecule has 0 aromatic heterocycles. The van der Waals surface area contributed by atoms with E-state index in [1.807, 2.05) is 30.0 Å². The summed E-state index contributed by atoms with van der Waals surface area (Å²) in [4.78, 5) is 14.8. The Kier molecular flexibility index (Phi) is 3.68. The monoisotopic (exact) mass is 322 g/mol. The lowest BCUT2D eigenvalue weighted by Gasteiger charge is -2.47. The molecule has 4 nitrogen and oxygen atoms in total. The number of rotatable bonds is 3. The van der Waals surface area contributed by atoms with E-state index in [0.29, 0.717) is 13.2 Å². The maximum Gasteiger partial charge on any atom is 0.318 e. The number of benzene rings is 1. The van der Waals surface area contributed by atoms with Crippen LogP contribution in [0.1, 0.15) is 24.9 Å². The molecule has 3 unspecified atom stereocenters. The summed E-state index contributed by atoms with van der Waals surface area (Å²) in [6.45, 7) is 7.23. The number of amides is 2. The summed E-state index contributed by atoms with van der Waals surface area (Å²) >= 11 is 0. The molecule has 1 N–H and O–H groups in total. The summed E-state index contributed by atoms with van der Waals surface area (Å²) in [6, 6.07) is 10.2. The van der Waals surface area contributed by atoms with E-state index < -0.39 is 0 Å². The van der Waals surface area contributed by atoms with Gasteiger partial charge in [-0.25, -0.2) is 4.79 Å². The van der Waals surface area contributed by atoms with Gasteiger partial charge in [-0.05, 0) is 24.1 Å². The molecule has 1 aromatic rings. The van der Waals surface area contributed by atoms with Crippen molar-refractivity contribution in [2.45, 2.75) is 25.4 Å². The second kappa shape index (κ2) is 5.86. The van der Waals surface area contributed by atoms with Crippen molar-refractivity contribution >= 4 is 6.03 Å². The van der Waals surface area contributed by atoms with Gasteiger partial charge in [-0.3, -0.25) is 0 Å². The van der Waals surface area contributed by atoms with Crippen LogP contribution in [0, 0.1) is 5.92 Å². The van der Waals surface area contributed by atoms with Crippen molar-refractivity contribution in [1.29, 1.82) is 0 Å². The van der Waals surface area contributed by atoms with Crippen LogP contribution in [0.15, 0.2) is 66.0 Å². The van der Waals surface area contributed by atoms with Gasteiger partial charge in [0, 0.05) is 18.9 Å². The van der Waals surface area contributed by atoms with Crippen molar-refractivity contribution in [3.05, 3.63) is 71.5 Å². The lowest BCUT2D eigenvalue weighted by molar-refractivity contribution is 0.131. The van der Waals surface area contributed by atoms with Crippen molar-refractivity contribution in [2.75, 3.05) is 13.2 Å². The maximum atomic E-state index is 12.8. The number of ether oxygens (including phenoxy) is 1. The third kappa shape index (κ3) is 2.42. The van der Waals surface area contributed by atoms with Gasteiger partial charge in [0.05, 0.1) is 18.7 Å². The number of allylic oxidation sites excluding steroid dienone is 1. The van der Waals surface area contributed by atoms with Crippen molar-refractivity contribution in [3.8, 4) is 0 Å². The Bertz CT molecular complexity index is 735. The van der Waals surface area contributed by atoms with E-state index in [2.05, 4.69) is 36.2 Å². The average Bonchev–Trinajstić information content (AvgIpc) is 3.06. The summed E-state index contributed by atoms with van der Waals surface area (Å²) in [5.74, 6) is 1.15. The molecule has 0 saturated carbocycles. The molecule has 4 heteroatoms. The molecule has 4 rings (SSSR count). The summed E-state index contributed by atoms with van der Waals surface area (Å²) in [5, 5.41) is 3.20. The zero-order chi connectivity index (χ0) is 16.7. The van der Waals surface area contributed by atoms with Crippen molar-refractivity contribution < 1.29 is 9.53 Å². The molecular formula is C20H22N2O2. The highest BCUT2D eigenvalue weighted by atomic mass is 16.5. The molecule has 0 radical (unpaired) electrons. The summed E-state index contributed by atoms with van der Waals surface area (Å²) < 4.78 is 5.75. The van der Waals surface area contributed by atoms with E-state index in [-0.39, 0.29) is 24.0 Å². The van der Waals surface area contributed by atoms with Gasteiger partial charge in [0.15, 0.2) is 0 Å². The molecule has 2 aliphatic heterocycles. The van der Waals surface area contributed by atoms with Crippen LogP contribution >= 0.6 is 0 Å². The summed E-state index contributed by atoms with van der Waals surface area (Å²) in [7, 11) is 0. The van der Waals surface area contributed by atoms with E-state index in [1.165, 1.54) is 5.57 Å². The van der Waals surface area contributed by atoms with Gasteiger partial charge in [-0.1, -0.05) is 48.6 Å². The van der Waals surface area contributed by atoms with Gasteiger partial charge in [-0.2, -0.15) is 0 Å².